The molecule has 5 nitrogen and oxygen atoms in total. The highest BCUT2D eigenvalue weighted by atomic mass is 15.0. The second-order valence-electron chi connectivity index (χ2n) is 17.5. The number of fused-ring (bicyclic) bond motifs is 10. The van der Waals surface area contributed by atoms with Crippen molar-refractivity contribution < 1.29 is 0 Å². The van der Waals surface area contributed by atoms with Crippen LogP contribution in [0.5, 0.6) is 0 Å². The Morgan fingerprint density at radius 3 is 1.57 bits per heavy atom. The fourth-order valence-corrected chi connectivity index (χ4v) is 10.8. The Labute approximate surface area is 391 Å². The van der Waals surface area contributed by atoms with Crippen molar-refractivity contribution in [2.45, 2.75) is 0 Å². The van der Waals surface area contributed by atoms with E-state index in [1.165, 1.54) is 59.8 Å². The molecule has 316 valence electrons. The molecule has 0 N–H and O–H groups in total. The standard InChI is InChI=1S/C63H39N5/c1-3-19-40(20-4-1)44-25-11-12-28-49(44)62-64-61(42-22-5-2-6-23-42)65-63(66-62)50-33-17-32-48-47(50)31-18-36-53(48)67-54-34-15-14-30-52(54)59-57(67)39-43-24-8-10-27-46(43)60(59)68-55-35-16-13-29-51(55)58-45-26-9-7-21-41(45)37-38-56(58)68/h1-39H. The predicted molar refractivity (Wildman–Crippen MR) is 283 cm³/mol. The zero-order valence-electron chi connectivity index (χ0n) is 36.8. The topological polar surface area (TPSA) is 48.5 Å². The lowest BCUT2D eigenvalue weighted by Crippen LogP contribution is -2.02. The molecule has 0 radical (unpaired) electrons. The van der Waals surface area contributed by atoms with E-state index in [0.717, 1.165) is 55.3 Å². The summed E-state index contributed by atoms with van der Waals surface area (Å²) in [5.74, 6) is 1.87. The molecule has 0 unspecified atom stereocenters. The third-order valence-electron chi connectivity index (χ3n) is 13.7. The van der Waals surface area contributed by atoms with Gasteiger partial charge < -0.3 is 9.13 Å². The smallest absolute Gasteiger partial charge is 0.164 e. The van der Waals surface area contributed by atoms with E-state index in [0.29, 0.717) is 17.5 Å². The monoisotopic (exact) mass is 865 g/mol. The molecule has 0 bridgehead atoms. The molecule has 14 aromatic rings. The Hall–Kier alpha value is -9.19. The third kappa shape index (κ3) is 5.79. The molecule has 11 aromatic carbocycles. The normalized spacial score (nSPS) is 11.8. The largest absolute Gasteiger partial charge is 0.309 e. The van der Waals surface area contributed by atoms with Gasteiger partial charge in [-0.1, -0.05) is 206 Å². The molecule has 0 saturated heterocycles. The molecule has 0 aliphatic rings. The lowest BCUT2D eigenvalue weighted by molar-refractivity contribution is 1.08. The van der Waals surface area contributed by atoms with Crippen LogP contribution in [-0.4, -0.2) is 24.1 Å². The number of hydrogen-bond acceptors (Lipinski definition) is 3. The van der Waals surface area contributed by atoms with Gasteiger partial charge in [0.05, 0.1) is 33.4 Å². The van der Waals surface area contributed by atoms with Crippen LogP contribution in [0.25, 0.3) is 133 Å². The van der Waals surface area contributed by atoms with Crippen LogP contribution < -0.4 is 0 Å². The van der Waals surface area contributed by atoms with Crippen molar-refractivity contribution >= 4 is 75.9 Å². The zero-order chi connectivity index (χ0) is 44.7. The molecule has 0 saturated carbocycles. The Bertz CT molecular complexity index is 4320. The Morgan fingerprint density at radius 1 is 0.265 bits per heavy atom. The van der Waals surface area contributed by atoms with Gasteiger partial charge in [0.15, 0.2) is 17.5 Å². The van der Waals surface area contributed by atoms with Crippen LogP contribution in [0.2, 0.25) is 0 Å². The summed E-state index contributed by atoms with van der Waals surface area (Å²) in [4.78, 5) is 15.8. The first kappa shape index (κ1) is 38.1. The van der Waals surface area contributed by atoms with Crippen molar-refractivity contribution in [2.24, 2.45) is 0 Å². The summed E-state index contributed by atoms with van der Waals surface area (Å²) in [6.07, 6.45) is 0. The van der Waals surface area contributed by atoms with Gasteiger partial charge in [0.25, 0.3) is 0 Å². The van der Waals surface area contributed by atoms with Gasteiger partial charge in [0.2, 0.25) is 0 Å². The molecule has 0 aliphatic heterocycles. The Balaban J connectivity index is 1.04. The number of hydrogen-bond donors (Lipinski definition) is 0. The van der Waals surface area contributed by atoms with E-state index < -0.39 is 0 Å². The molecule has 0 atom stereocenters. The maximum absolute atomic E-state index is 5.34. The van der Waals surface area contributed by atoms with Crippen LogP contribution in [0.15, 0.2) is 237 Å². The number of nitrogens with zero attached hydrogens (tertiary/aromatic N) is 5. The summed E-state index contributed by atoms with van der Waals surface area (Å²) in [7, 11) is 0. The fourth-order valence-electron chi connectivity index (χ4n) is 10.8. The molecule has 0 amide bonds. The van der Waals surface area contributed by atoms with Crippen LogP contribution in [0.3, 0.4) is 0 Å². The quantitative estimate of drug-likeness (QED) is 0.167. The first-order valence-corrected chi connectivity index (χ1v) is 23.1. The number of aromatic nitrogens is 5. The molecular weight excluding hydrogens is 827 g/mol. The maximum atomic E-state index is 5.34. The summed E-state index contributed by atoms with van der Waals surface area (Å²) >= 11 is 0. The minimum absolute atomic E-state index is 0.619. The maximum Gasteiger partial charge on any atom is 0.164 e. The van der Waals surface area contributed by atoms with E-state index in [4.69, 9.17) is 15.0 Å². The Morgan fingerprint density at radius 2 is 0.794 bits per heavy atom. The van der Waals surface area contributed by atoms with Crippen molar-refractivity contribution in [1.29, 1.82) is 0 Å². The van der Waals surface area contributed by atoms with Gasteiger partial charge in [-0.3, -0.25) is 0 Å². The van der Waals surface area contributed by atoms with Crippen LogP contribution in [0, 0.1) is 0 Å². The summed E-state index contributed by atoms with van der Waals surface area (Å²) < 4.78 is 5.00. The van der Waals surface area contributed by atoms with E-state index in [9.17, 15) is 0 Å². The van der Waals surface area contributed by atoms with Gasteiger partial charge >= 0.3 is 0 Å². The first-order valence-electron chi connectivity index (χ1n) is 23.1. The van der Waals surface area contributed by atoms with Crippen molar-refractivity contribution in [2.75, 3.05) is 0 Å². The highest BCUT2D eigenvalue weighted by molar-refractivity contribution is 6.25. The SMILES string of the molecule is c1ccc(-c2nc(-c3ccccc3-c3ccccc3)nc(-c3cccc4c(-n5c6ccccc6c6c(-n7c8ccccc8c8c9ccccc9ccc87)c7ccccc7cc65)cccc34)n2)cc1. The third-order valence-corrected chi connectivity index (χ3v) is 13.7. The second kappa shape index (κ2) is 15.2. The van der Waals surface area contributed by atoms with E-state index in [1.54, 1.807) is 0 Å². The number of rotatable bonds is 6. The minimum Gasteiger partial charge on any atom is -0.309 e. The fraction of sp³-hybridized carbons (Fsp3) is 0. The first-order chi connectivity index (χ1) is 33.8. The number of benzene rings is 11. The van der Waals surface area contributed by atoms with Gasteiger partial charge in [0.1, 0.15) is 0 Å². The highest BCUT2D eigenvalue weighted by Crippen LogP contribution is 2.46. The molecule has 0 aliphatic carbocycles. The van der Waals surface area contributed by atoms with Crippen LogP contribution in [0.1, 0.15) is 0 Å². The van der Waals surface area contributed by atoms with Gasteiger partial charge in [-0.05, 0) is 63.0 Å². The van der Waals surface area contributed by atoms with Crippen molar-refractivity contribution in [3.63, 3.8) is 0 Å². The van der Waals surface area contributed by atoms with Gasteiger partial charge in [-0.25, -0.2) is 15.0 Å². The minimum atomic E-state index is 0.619. The summed E-state index contributed by atoms with van der Waals surface area (Å²) in [5, 5.41) is 11.9. The van der Waals surface area contributed by atoms with E-state index in [-0.39, 0.29) is 0 Å². The average molecular weight is 866 g/mol. The molecular formula is C63H39N5. The molecule has 5 heteroatoms. The molecule has 68 heavy (non-hydrogen) atoms. The van der Waals surface area contributed by atoms with Crippen molar-refractivity contribution in [3.05, 3.63) is 237 Å². The van der Waals surface area contributed by atoms with Crippen molar-refractivity contribution in [1.82, 2.24) is 24.1 Å². The van der Waals surface area contributed by atoms with Gasteiger partial charge in [0, 0.05) is 49.0 Å². The highest BCUT2D eigenvalue weighted by Gasteiger charge is 2.24. The van der Waals surface area contributed by atoms with Gasteiger partial charge in [-0.15, -0.1) is 0 Å². The summed E-state index contributed by atoms with van der Waals surface area (Å²) in [6.45, 7) is 0. The predicted octanol–water partition coefficient (Wildman–Crippen LogP) is 16.2. The molecule has 14 rings (SSSR count). The van der Waals surface area contributed by atoms with Crippen LogP contribution in [-0.2, 0) is 0 Å². The molecule has 0 spiro atoms. The summed E-state index contributed by atoms with van der Waals surface area (Å²) in [6, 6.07) is 84.6. The molecule has 3 heterocycles. The van der Waals surface area contributed by atoms with E-state index in [1.807, 2.05) is 24.3 Å². The van der Waals surface area contributed by atoms with Gasteiger partial charge in [-0.2, -0.15) is 0 Å². The van der Waals surface area contributed by atoms with Crippen molar-refractivity contribution in [3.8, 4) is 56.7 Å². The average Bonchev–Trinajstić information content (AvgIpc) is 3.93. The van der Waals surface area contributed by atoms with E-state index >= 15 is 0 Å². The second-order valence-corrected chi connectivity index (χ2v) is 17.5. The van der Waals surface area contributed by atoms with Crippen LogP contribution in [0.4, 0.5) is 0 Å². The van der Waals surface area contributed by atoms with Crippen LogP contribution >= 0.6 is 0 Å². The van der Waals surface area contributed by atoms with E-state index in [2.05, 4.69) is 221 Å². The Kier molecular flexibility index (Phi) is 8.52. The number of para-hydroxylation sites is 2. The summed E-state index contributed by atoms with van der Waals surface area (Å²) in [5.41, 5.74) is 11.9. The lowest BCUT2D eigenvalue weighted by atomic mass is 9.99. The molecule has 3 aromatic heterocycles. The lowest BCUT2D eigenvalue weighted by Gasteiger charge is -2.17. The zero-order valence-corrected chi connectivity index (χ0v) is 36.8. The molecule has 0 fully saturated rings.